The minimum atomic E-state index is -2.04. The Bertz CT molecular complexity index is 1780. The fourth-order valence-corrected chi connectivity index (χ4v) is 16.3. The first kappa shape index (κ1) is 22.8. The first-order valence-corrected chi connectivity index (χ1v) is 18.0. The second-order valence-electron chi connectivity index (χ2n) is 10.4. The molecule has 0 N–H and O–H groups in total. The van der Waals surface area contributed by atoms with E-state index in [0.29, 0.717) is 0 Å². The van der Waals surface area contributed by atoms with Crippen molar-refractivity contribution in [1.29, 1.82) is 0 Å². The molecule has 180 valence electrons. The van der Waals surface area contributed by atoms with Crippen LogP contribution in [-0.2, 0) is 5.16 Å². The molecule has 0 fully saturated rings. The van der Waals surface area contributed by atoms with E-state index in [-0.39, 0.29) is 11.1 Å². The van der Waals surface area contributed by atoms with Crippen molar-refractivity contribution in [3.05, 3.63) is 185 Å². The fraction of sp³-hybridized carbons (Fsp3) is 0.0556. The molecule has 5 aromatic carbocycles. The van der Waals surface area contributed by atoms with Gasteiger partial charge in [-0.05, 0) is 0 Å². The quantitative estimate of drug-likeness (QED) is 0.141. The predicted octanol–water partition coefficient (Wildman–Crippen LogP) is 8.32. The number of hydrogen-bond acceptors (Lipinski definition) is 0. The van der Waals surface area contributed by atoms with Gasteiger partial charge in [-0.1, -0.05) is 0 Å². The van der Waals surface area contributed by atoms with Gasteiger partial charge < -0.3 is 0 Å². The first-order valence-electron chi connectivity index (χ1n) is 13.2. The molecule has 2 bridgehead atoms. The number of allylic oxidation sites excluding steroid dienone is 3. The van der Waals surface area contributed by atoms with Crippen LogP contribution in [0.15, 0.2) is 151 Å². The second kappa shape index (κ2) is 8.40. The van der Waals surface area contributed by atoms with Crippen molar-refractivity contribution < 1.29 is 0 Å². The minimum absolute atomic E-state index is 0.225. The van der Waals surface area contributed by atoms with Crippen molar-refractivity contribution in [2.24, 2.45) is 0 Å². The Hall–Kier alpha value is -3.20. The summed E-state index contributed by atoms with van der Waals surface area (Å²) in [6, 6.07) is 52.3. The van der Waals surface area contributed by atoms with Crippen LogP contribution in [0.2, 0.25) is 0 Å². The Labute approximate surface area is 236 Å². The Morgan fingerprint density at radius 3 is 1.58 bits per heavy atom. The van der Waals surface area contributed by atoms with Gasteiger partial charge in [0.15, 0.2) is 0 Å². The van der Waals surface area contributed by atoms with Gasteiger partial charge in [-0.2, -0.15) is 0 Å². The van der Waals surface area contributed by atoms with E-state index < -0.39 is 4.49 Å². The average Bonchev–Trinajstić information content (AvgIpc) is 3.29. The molecule has 0 radical (unpaired) electrons. The zero-order valence-corrected chi connectivity index (χ0v) is 24.0. The number of hydrogen-bond donors (Lipinski definition) is 0. The van der Waals surface area contributed by atoms with Crippen molar-refractivity contribution in [2.75, 3.05) is 0 Å². The third kappa shape index (κ3) is 2.75. The van der Waals surface area contributed by atoms with E-state index in [4.69, 9.17) is 0 Å². The van der Waals surface area contributed by atoms with Gasteiger partial charge in [-0.15, -0.1) is 0 Å². The molecule has 0 saturated carbocycles. The SMILES string of the molecule is [Te]=P1(c2ccccc2)C(c2ccccc2)=CC2=C(c3ccccc3)C3c4ccccc4C21c1ccccc13. The number of rotatable bonds is 3. The van der Waals surface area contributed by atoms with Gasteiger partial charge in [-0.3, -0.25) is 0 Å². The maximum absolute atomic E-state index is 2.61. The molecule has 1 aliphatic heterocycles. The summed E-state index contributed by atoms with van der Waals surface area (Å²) in [5.41, 5.74) is 11.6. The van der Waals surface area contributed by atoms with Gasteiger partial charge in [0, 0.05) is 0 Å². The Morgan fingerprint density at radius 2 is 1.00 bits per heavy atom. The zero-order valence-electron chi connectivity index (χ0n) is 20.8. The summed E-state index contributed by atoms with van der Waals surface area (Å²) >= 11 is 2.50. The topological polar surface area (TPSA) is 0 Å². The molecule has 5 aromatic rings. The van der Waals surface area contributed by atoms with Gasteiger partial charge >= 0.3 is 238 Å². The van der Waals surface area contributed by atoms with E-state index in [1.165, 1.54) is 55.1 Å². The van der Waals surface area contributed by atoms with E-state index >= 15 is 0 Å². The Morgan fingerprint density at radius 1 is 0.526 bits per heavy atom. The third-order valence-corrected chi connectivity index (χ3v) is 18.3. The van der Waals surface area contributed by atoms with E-state index in [9.17, 15) is 0 Å². The Balaban J connectivity index is 1.62. The summed E-state index contributed by atoms with van der Waals surface area (Å²) in [4.78, 5) is 0. The summed E-state index contributed by atoms with van der Waals surface area (Å²) in [7, 11) is 0. The molecule has 1 spiro atoms. The van der Waals surface area contributed by atoms with Crippen LogP contribution in [-0.4, -0.2) is 21.2 Å². The van der Waals surface area contributed by atoms with E-state index in [0.717, 1.165) is 0 Å². The monoisotopic (exact) mass is 618 g/mol. The molecule has 0 amide bonds. The molecular weight excluding hydrogens is 591 g/mol. The van der Waals surface area contributed by atoms with Crippen LogP contribution >= 0.6 is 4.49 Å². The van der Waals surface area contributed by atoms with Crippen LogP contribution in [0.3, 0.4) is 0 Å². The van der Waals surface area contributed by atoms with Crippen molar-refractivity contribution in [3.8, 4) is 0 Å². The van der Waals surface area contributed by atoms with Crippen LogP contribution in [0.25, 0.3) is 10.9 Å². The van der Waals surface area contributed by atoms with E-state index in [2.05, 4.69) is 167 Å². The van der Waals surface area contributed by atoms with Crippen LogP contribution in [0.5, 0.6) is 0 Å². The zero-order chi connectivity index (χ0) is 25.3. The molecule has 38 heavy (non-hydrogen) atoms. The molecule has 2 heteroatoms. The standard InChI is InChI=1S/C36H25PTe/c38-37(27-18-8-3-9-19-27)33(25-14-4-1-5-15-25)24-32-34(26-16-6-2-7-17-26)35-28-20-10-12-22-30(28)36(32,37)31-23-13-11-21-29(31)35/h1-24,35H. The summed E-state index contributed by atoms with van der Waals surface area (Å²) in [5.74, 6) is 0.235. The third-order valence-electron chi connectivity index (χ3n) is 8.66. The van der Waals surface area contributed by atoms with Crippen LogP contribution in [0.1, 0.15) is 39.3 Å². The molecule has 4 aliphatic rings. The van der Waals surface area contributed by atoms with Crippen LogP contribution in [0.4, 0.5) is 0 Å². The summed E-state index contributed by atoms with van der Waals surface area (Å²) < 4.78 is -2.04. The summed E-state index contributed by atoms with van der Waals surface area (Å²) in [6.07, 6.45) is 2.61. The van der Waals surface area contributed by atoms with E-state index in [1.54, 1.807) is 0 Å². The van der Waals surface area contributed by atoms with Gasteiger partial charge in [0.05, 0.1) is 0 Å². The molecule has 3 aliphatic carbocycles. The molecule has 1 atom stereocenters. The van der Waals surface area contributed by atoms with Crippen LogP contribution in [0, 0.1) is 0 Å². The molecule has 0 saturated heterocycles. The average molecular weight is 616 g/mol. The van der Waals surface area contributed by atoms with Gasteiger partial charge in [0.2, 0.25) is 0 Å². The van der Waals surface area contributed by atoms with Crippen LogP contribution < -0.4 is 5.30 Å². The second-order valence-corrected chi connectivity index (χ2v) is 17.9. The molecule has 1 unspecified atom stereocenters. The predicted molar refractivity (Wildman–Crippen MR) is 162 cm³/mol. The van der Waals surface area contributed by atoms with E-state index in [1.807, 2.05) is 0 Å². The molecule has 0 aromatic heterocycles. The van der Waals surface area contributed by atoms with Crippen molar-refractivity contribution >= 4 is 41.9 Å². The van der Waals surface area contributed by atoms with Gasteiger partial charge in [0.1, 0.15) is 0 Å². The molecule has 9 rings (SSSR count). The van der Waals surface area contributed by atoms with Crippen molar-refractivity contribution in [2.45, 2.75) is 11.1 Å². The Kier molecular flexibility index (Phi) is 5.03. The fourth-order valence-electron chi connectivity index (χ4n) is 7.30. The van der Waals surface area contributed by atoms with Gasteiger partial charge in [0.25, 0.3) is 0 Å². The maximum atomic E-state index is 2.61. The molecule has 0 nitrogen and oxygen atoms in total. The summed E-state index contributed by atoms with van der Waals surface area (Å²) in [6.45, 7) is 0. The number of benzene rings is 5. The van der Waals surface area contributed by atoms with Gasteiger partial charge in [-0.25, -0.2) is 0 Å². The molecular formula is C36H25PTe. The normalized spacial score (nSPS) is 24.4. The summed E-state index contributed by atoms with van der Waals surface area (Å²) in [5, 5.41) is 2.74. The first-order chi connectivity index (χ1) is 18.8. The van der Waals surface area contributed by atoms with Crippen molar-refractivity contribution in [1.82, 2.24) is 0 Å². The van der Waals surface area contributed by atoms with Crippen molar-refractivity contribution in [3.63, 3.8) is 0 Å². The molecule has 1 heterocycles.